The first-order valence-corrected chi connectivity index (χ1v) is 7.15. The summed E-state index contributed by atoms with van der Waals surface area (Å²) in [6.45, 7) is 12.0. The lowest BCUT2D eigenvalue weighted by Crippen LogP contribution is -2.45. The Morgan fingerprint density at radius 1 is 1.10 bits per heavy atom. The summed E-state index contributed by atoms with van der Waals surface area (Å²) in [5, 5.41) is 5.23. The van der Waals surface area contributed by atoms with Crippen molar-refractivity contribution in [1.82, 2.24) is 10.6 Å². The maximum Gasteiger partial charge on any atom is 0.408 e. The number of amides is 2. The zero-order valence-corrected chi connectivity index (χ0v) is 13.9. The molecule has 0 saturated heterocycles. The van der Waals surface area contributed by atoms with Crippen LogP contribution in [0.2, 0.25) is 0 Å². The molecular weight excluding hydrogens is 256 g/mol. The fourth-order valence-corrected chi connectivity index (χ4v) is 1.69. The van der Waals surface area contributed by atoms with Gasteiger partial charge < -0.3 is 15.4 Å². The molecule has 0 heterocycles. The van der Waals surface area contributed by atoms with Gasteiger partial charge in [0.15, 0.2) is 6.10 Å². The molecule has 0 aliphatic carbocycles. The Labute approximate surface area is 122 Å². The van der Waals surface area contributed by atoms with Crippen LogP contribution in [0.4, 0.5) is 4.79 Å². The molecule has 118 valence electrons. The quantitative estimate of drug-likeness (QED) is 0.816. The third kappa shape index (κ3) is 9.64. The van der Waals surface area contributed by atoms with E-state index in [9.17, 15) is 9.59 Å². The molecule has 0 rings (SSSR count). The molecule has 5 nitrogen and oxygen atoms in total. The zero-order valence-electron chi connectivity index (χ0n) is 13.9. The molecule has 0 aliphatic heterocycles. The molecule has 0 unspecified atom stereocenters. The van der Waals surface area contributed by atoms with Crippen molar-refractivity contribution in [2.24, 2.45) is 5.41 Å². The topological polar surface area (TPSA) is 67.4 Å². The molecule has 2 N–H and O–H groups in total. The van der Waals surface area contributed by atoms with Gasteiger partial charge in [0, 0.05) is 12.6 Å². The van der Waals surface area contributed by atoms with E-state index in [1.807, 2.05) is 20.8 Å². The molecule has 20 heavy (non-hydrogen) atoms. The molecule has 5 heteroatoms. The van der Waals surface area contributed by atoms with Gasteiger partial charge in [-0.25, -0.2) is 4.79 Å². The molecule has 0 radical (unpaired) electrons. The Balaban J connectivity index is 4.43. The Bertz CT molecular complexity index is 327. The van der Waals surface area contributed by atoms with Crippen molar-refractivity contribution < 1.29 is 14.3 Å². The second-order valence-electron chi connectivity index (χ2n) is 7.34. The first kappa shape index (κ1) is 18.7. The van der Waals surface area contributed by atoms with Crippen LogP contribution in [0.15, 0.2) is 0 Å². The molecule has 0 aromatic heterocycles. The highest BCUT2D eigenvalue weighted by atomic mass is 16.6. The fraction of sp³-hybridized carbons (Fsp3) is 0.867. The SMILES string of the molecule is CNC(=O)[C@H](CCCC(C)(C)C)OC(=O)NC(C)(C)C. The molecule has 0 spiro atoms. The van der Waals surface area contributed by atoms with Crippen LogP contribution in [0.1, 0.15) is 60.8 Å². The Morgan fingerprint density at radius 2 is 1.65 bits per heavy atom. The van der Waals surface area contributed by atoms with Gasteiger partial charge in [0.25, 0.3) is 5.91 Å². The summed E-state index contributed by atoms with van der Waals surface area (Å²) in [6.07, 6.45) is 1.07. The van der Waals surface area contributed by atoms with Gasteiger partial charge in [-0.05, 0) is 45.4 Å². The van der Waals surface area contributed by atoms with Crippen LogP contribution in [0.5, 0.6) is 0 Å². The van der Waals surface area contributed by atoms with Crippen LogP contribution in [0, 0.1) is 5.41 Å². The summed E-state index contributed by atoms with van der Waals surface area (Å²) in [6, 6.07) is 0. The van der Waals surface area contributed by atoms with E-state index < -0.39 is 12.2 Å². The summed E-state index contributed by atoms with van der Waals surface area (Å²) in [7, 11) is 1.55. The van der Waals surface area contributed by atoms with Gasteiger partial charge in [-0.3, -0.25) is 4.79 Å². The number of carbonyl (C=O) groups is 2. The average molecular weight is 286 g/mol. The van der Waals surface area contributed by atoms with Crippen molar-refractivity contribution in [2.45, 2.75) is 72.4 Å². The predicted octanol–water partition coefficient (Wildman–Crippen LogP) is 2.84. The molecule has 0 fully saturated rings. The minimum Gasteiger partial charge on any atom is -0.436 e. The van der Waals surface area contributed by atoms with Crippen LogP contribution in [0.25, 0.3) is 0 Å². The predicted molar refractivity (Wildman–Crippen MR) is 80.5 cm³/mol. The van der Waals surface area contributed by atoms with E-state index in [1.54, 1.807) is 7.05 Å². The first-order valence-electron chi connectivity index (χ1n) is 7.15. The van der Waals surface area contributed by atoms with E-state index in [2.05, 4.69) is 31.4 Å². The Kier molecular flexibility index (Phi) is 7.03. The minimum atomic E-state index is -0.732. The number of carbonyl (C=O) groups excluding carboxylic acids is 2. The Hall–Kier alpha value is -1.26. The second kappa shape index (κ2) is 7.50. The van der Waals surface area contributed by atoms with Gasteiger partial charge in [0.2, 0.25) is 0 Å². The smallest absolute Gasteiger partial charge is 0.408 e. The highest BCUT2D eigenvalue weighted by Crippen LogP contribution is 2.22. The lowest BCUT2D eigenvalue weighted by molar-refractivity contribution is -0.129. The minimum absolute atomic E-state index is 0.209. The van der Waals surface area contributed by atoms with E-state index in [-0.39, 0.29) is 16.9 Å². The number of hydrogen-bond acceptors (Lipinski definition) is 3. The number of nitrogens with one attached hydrogen (secondary N) is 2. The fourth-order valence-electron chi connectivity index (χ4n) is 1.69. The van der Waals surface area contributed by atoms with Crippen molar-refractivity contribution in [3.8, 4) is 0 Å². The van der Waals surface area contributed by atoms with E-state index in [1.165, 1.54) is 0 Å². The molecule has 2 amide bonds. The van der Waals surface area contributed by atoms with Gasteiger partial charge in [-0.1, -0.05) is 20.8 Å². The third-order valence-corrected chi connectivity index (χ3v) is 2.66. The van der Waals surface area contributed by atoms with Crippen molar-refractivity contribution in [1.29, 1.82) is 0 Å². The van der Waals surface area contributed by atoms with E-state index in [0.717, 1.165) is 12.8 Å². The molecular formula is C15H30N2O3. The van der Waals surface area contributed by atoms with E-state index in [4.69, 9.17) is 4.74 Å². The van der Waals surface area contributed by atoms with Gasteiger partial charge in [-0.15, -0.1) is 0 Å². The molecule has 0 saturated carbocycles. The van der Waals surface area contributed by atoms with Crippen molar-refractivity contribution in [2.75, 3.05) is 7.05 Å². The van der Waals surface area contributed by atoms with Gasteiger partial charge >= 0.3 is 6.09 Å². The van der Waals surface area contributed by atoms with Gasteiger partial charge in [0.05, 0.1) is 0 Å². The zero-order chi connectivity index (χ0) is 16.0. The number of alkyl carbamates (subject to hydrolysis) is 1. The molecule has 0 aliphatic rings. The van der Waals surface area contributed by atoms with E-state index in [0.29, 0.717) is 6.42 Å². The molecule has 0 bridgehead atoms. The van der Waals surface area contributed by atoms with Crippen molar-refractivity contribution in [3.63, 3.8) is 0 Å². The molecule has 0 aromatic rings. The number of hydrogen-bond donors (Lipinski definition) is 2. The van der Waals surface area contributed by atoms with Crippen LogP contribution in [-0.2, 0) is 9.53 Å². The summed E-state index contributed by atoms with van der Waals surface area (Å²) in [5.41, 5.74) is -0.170. The van der Waals surface area contributed by atoms with Crippen LogP contribution in [0.3, 0.4) is 0 Å². The highest BCUT2D eigenvalue weighted by molar-refractivity contribution is 5.83. The van der Waals surface area contributed by atoms with Crippen molar-refractivity contribution in [3.05, 3.63) is 0 Å². The normalized spacial score (nSPS) is 13.6. The van der Waals surface area contributed by atoms with Crippen LogP contribution >= 0.6 is 0 Å². The largest absolute Gasteiger partial charge is 0.436 e. The first-order chi connectivity index (χ1) is 8.94. The maximum atomic E-state index is 11.8. The van der Waals surface area contributed by atoms with Crippen LogP contribution < -0.4 is 10.6 Å². The lowest BCUT2D eigenvalue weighted by atomic mass is 9.89. The van der Waals surface area contributed by atoms with Gasteiger partial charge in [-0.2, -0.15) is 0 Å². The third-order valence-electron chi connectivity index (χ3n) is 2.66. The van der Waals surface area contributed by atoms with E-state index >= 15 is 0 Å². The average Bonchev–Trinajstić information content (AvgIpc) is 2.22. The monoisotopic (exact) mass is 286 g/mol. The lowest BCUT2D eigenvalue weighted by Gasteiger charge is -2.24. The molecule has 0 aromatic carbocycles. The van der Waals surface area contributed by atoms with Crippen molar-refractivity contribution >= 4 is 12.0 Å². The van der Waals surface area contributed by atoms with Crippen LogP contribution in [-0.4, -0.2) is 30.7 Å². The standard InChI is InChI=1S/C15H30N2O3/c1-14(2,3)10-8-9-11(12(18)16-7)20-13(19)17-15(4,5)6/h11H,8-10H2,1-7H3,(H,16,18)(H,17,19)/t11-/m0/s1. The summed E-state index contributed by atoms with van der Waals surface area (Å²) in [4.78, 5) is 23.5. The Morgan fingerprint density at radius 3 is 2.05 bits per heavy atom. The van der Waals surface area contributed by atoms with Gasteiger partial charge in [0.1, 0.15) is 0 Å². The maximum absolute atomic E-state index is 11.8. The second-order valence-corrected chi connectivity index (χ2v) is 7.34. The highest BCUT2D eigenvalue weighted by Gasteiger charge is 2.24. The number of rotatable bonds is 5. The summed E-state index contributed by atoms with van der Waals surface area (Å²) in [5.74, 6) is -0.261. The summed E-state index contributed by atoms with van der Waals surface area (Å²) < 4.78 is 5.23. The number of likely N-dealkylation sites (N-methyl/N-ethyl adjacent to an activating group) is 1. The summed E-state index contributed by atoms with van der Waals surface area (Å²) >= 11 is 0. The number of ether oxygens (including phenoxy) is 1. The molecule has 1 atom stereocenters.